The fourth-order valence-corrected chi connectivity index (χ4v) is 3.95. The molecule has 7 N–H and O–H groups in total. The molecule has 35 heavy (non-hydrogen) atoms. The monoisotopic (exact) mass is 480 g/mol. The fraction of sp³-hybridized carbons (Fsp3) is 0.346. The van der Waals surface area contributed by atoms with Gasteiger partial charge >= 0.3 is 5.97 Å². The number of carboxylic acid groups (broad SMARTS) is 1. The van der Waals surface area contributed by atoms with Crippen LogP contribution in [0.2, 0.25) is 0 Å². The number of aromatic nitrogens is 1. The van der Waals surface area contributed by atoms with Gasteiger partial charge in [-0.3, -0.25) is 9.59 Å². The number of nitrogens with one attached hydrogen (secondary N) is 3. The zero-order chi connectivity index (χ0) is 25.5. The number of hydrogen-bond acceptors (Lipinski definition) is 5. The van der Waals surface area contributed by atoms with E-state index in [-0.39, 0.29) is 24.5 Å². The van der Waals surface area contributed by atoms with Crippen LogP contribution >= 0.6 is 0 Å². The molecule has 0 aliphatic carbocycles. The number of carboxylic acids is 1. The van der Waals surface area contributed by atoms with E-state index in [0.29, 0.717) is 12.0 Å². The SMILES string of the molecule is CC(C)C[C@H](NC(=O)[C@@H](N)Cc1c[nH]c2ccccc12)C(=O)N[C@@H](Cc1ccc(O)cc1)C(=O)O. The first-order valence-corrected chi connectivity index (χ1v) is 11.6. The summed E-state index contributed by atoms with van der Waals surface area (Å²) in [6.07, 6.45) is 2.45. The Hall–Kier alpha value is -3.85. The average Bonchev–Trinajstić information content (AvgIpc) is 3.21. The highest BCUT2D eigenvalue weighted by molar-refractivity contribution is 5.92. The third kappa shape index (κ3) is 7.07. The molecule has 3 atom stereocenters. The van der Waals surface area contributed by atoms with Crippen molar-refractivity contribution >= 4 is 28.7 Å². The Bertz CT molecular complexity index is 1170. The summed E-state index contributed by atoms with van der Waals surface area (Å²) >= 11 is 0. The van der Waals surface area contributed by atoms with Gasteiger partial charge in [0.25, 0.3) is 0 Å². The van der Waals surface area contributed by atoms with Crippen LogP contribution in [-0.4, -0.2) is 51.1 Å². The first kappa shape index (κ1) is 25.8. The molecule has 0 aliphatic rings. The summed E-state index contributed by atoms with van der Waals surface area (Å²) in [5.74, 6) is -2.14. The zero-order valence-electron chi connectivity index (χ0n) is 19.8. The Labute approximate surface area is 203 Å². The van der Waals surface area contributed by atoms with Gasteiger partial charge in [-0.2, -0.15) is 0 Å². The number of rotatable bonds is 11. The summed E-state index contributed by atoms with van der Waals surface area (Å²) in [6, 6.07) is 10.8. The number of phenolic OH excluding ortho intramolecular Hbond substituents is 1. The first-order chi connectivity index (χ1) is 16.6. The Morgan fingerprint density at radius 3 is 2.26 bits per heavy atom. The summed E-state index contributed by atoms with van der Waals surface area (Å²) in [7, 11) is 0. The second-order valence-electron chi connectivity index (χ2n) is 9.13. The van der Waals surface area contributed by atoms with Crippen LogP contribution in [0.15, 0.2) is 54.7 Å². The number of carbonyl (C=O) groups excluding carboxylic acids is 2. The maximum absolute atomic E-state index is 13.0. The molecule has 3 aromatic rings. The topological polar surface area (TPSA) is 158 Å². The van der Waals surface area contributed by atoms with Gasteiger partial charge in [0.05, 0.1) is 6.04 Å². The number of aromatic amines is 1. The summed E-state index contributed by atoms with van der Waals surface area (Å²) in [5.41, 5.74) is 8.65. The van der Waals surface area contributed by atoms with Crippen molar-refractivity contribution in [2.24, 2.45) is 11.7 Å². The van der Waals surface area contributed by atoms with E-state index in [0.717, 1.165) is 16.5 Å². The van der Waals surface area contributed by atoms with E-state index >= 15 is 0 Å². The normalized spacial score (nSPS) is 13.8. The van der Waals surface area contributed by atoms with Crippen molar-refractivity contribution in [2.45, 2.75) is 51.2 Å². The molecule has 9 heteroatoms. The highest BCUT2D eigenvalue weighted by atomic mass is 16.4. The van der Waals surface area contributed by atoms with Crippen molar-refractivity contribution in [3.63, 3.8) is 0 Å². The standard InChI is InChI=1S/C26H32N4O5/c1-15(2)11-22(25(33)30-23(26(34)35)12-16-7-9-18(31)10-8-16)29-24(32)20(27)13-17-14-28-21-6-4-3-5-19(17)21/h3-10,14-15,20,22-23,28,31H,11-13,27H2,1-2H3,(H,29,32)(H,30,33)(H,34,35)/t20-,22-,23-/m0/s1. The Morgan fingerprint density at radius 2 is 1.60 bits per heavy atom. The lowest BCUT2D eigenvalue weighted by Gasteiger charge is -2.24. The summed E-state index contributed by atoms with van der Waals surface area (Å²) < 4.78 is 0. The van der Waals surface area contributed by atoms with Crippen LogP contribution in [0.4, 0.5) is 0 Å². The molecule has 0 unspecified atom stereocenters. The lowest BCUT2D eigenvalue weighted by Crippen LogP contribution is -2.55. The fourth-order valence-electron chi connectivity index (χ4n) is 3.95. The van der Waals surface area contributed by atoms with E-state index in [2.05, 4.69) is 15.6 Å². The number of aromatic hydroxyl groups is 1. The molecule has 1 aromatic heterocycles. The quantitative estimate of drug-likeness (QED) is 0.247. The van der Waals surface area contributed by atoms with Gasteiger partial charge in [-0.05, 0) is 48.1 Å². The highest BCUT2D eigenvalue weighted by Crippen LogP contribution is 2.19. The molecule has 9 nitrogen and oxygen atoms in total. The minimum atomic E-state index is -1.20. The second-order valence-corrected chi connectivity index (χ2v) is 9.13. The molecule has 0 fully saturated rings. The number of H-pyrrole nitrogens is 1. The third-order valence-corrected chi connectivity index (χ3v) is 5.78. The van der Waals surface area contributed by atoms with Crippen molar-refractivity contribution in [3.05, 3.63) is 65.9 Å². The van der Waals surface area contributed by atoms with E-state index in [1.807, 2.05) is 44.3 Å². The van der Waals surface area contributed by atoms with Gasteiger partial charge in [0.1, 0.15) is 17.8 Å². The molecule has 1 heterocycles. The molecule has 0 bridgehead atoms. The summed E-state index contributed by atoms with van der Waals surface area (Å²) in [4.78, 5) is 40.8. The Kier molecular flexibility index (Phi) is 8.48. The van der Waals surface area contributed by atoms with Gasteiger partial charge in [0.15, 0.2) is 0 Å². The van der Waals surface area contributed by atoms with Gasteiger partial charge in [-0.1, -0.05) is 44.2 Å². The largest absolute Gasteiger partial charge is 0.508 e. The molecular weight excluding hydrogens is 448 g/mol. The lowest BCUT2D eigenvalue weighted by atomic mass is 10.00. The predicted octanol–water partition coefficient (Wildman–Crippen LogP) is 2.09. The van der Waals surface area contributed by atoms with Crippen molar-refractivity contribution in [1.82, 2.24) is 15.6 Å². The average molecular weight is 481 g/mol. The summed E-state index contributed by atoms with van der Waals surface area (Å²) in [5, 5.41) is 25.3. The number of amides is 2. The third-order valence-electron chi connectivity index (χ3n) is 5.78. The van der Waals surface area contributed by atoms with Crippen molar-refractivity contribution < 1.29 is 24.6 Å². The van der Waals surface area contributed by atoms with E-state index in [9.17, 15) is 24.6 Å². The van der Waals surface area contributed by atoms with Gasteiger partial charge in [-0.25, -0.2) is 4.79 Å². The minimum absolute atomic E-state index is 0.0315. The predicted molar refractivity (Wildman–Crippen MR) is 133 cm³/mol. The molecule has 0 radical (unpaired) electrons. The van der Waals surface area contributed by atoms with Gasteiger partial charge in [-0.15, -0.1) is 0 Å². The number of fused-ring (bicyclic) bond motifs is 1. The molecule has 0 saturated heterocycles. The smallest absolute Gasteiger partial charge is 0.326 e. The number of benzene rings is 2. The van der Waals surface area contributed by atoms with E-state index in [1.165, 1.54) is 12.1 Å². The molecule has 0 aliphatic heterocycles. The Morgan fingerprint density at radius 1 is 0.943 bits per heavy atom. The second kappa shape index (κ2) is 11.5. The van der Waals surface area contributed by atoms with Crippen LogP contribution < -0.4 is 16.4 Å². The van der Waals surface area contributed by atoms with E-state index < -0.39 is 35.9 Å². The van der Waals surface area contributed by atoms with Crippen molar-refractivity contribution in [1.29, 1.82) is 0 Å². The van der Waals surface area contributed by atoms with Crippen molar-refractivity contribution in [2.75, 3.05) is 0 Å². The molecule has 186 valence electrons. The molecule has 0 saturated carbocycles. The van der Waals surface area contributed by atoms with Crippen LogP contribution in [0.3, 0.4) is 0 Å². The lowest BCUT2D eigenvalue weighted by molar-refractivity contribution is -0.142. The highest BCUT2D eigenvalue weighted by Gasteiger charge is 2.29. The van der Waals surface area contributed by atoms with E-state index in [4.69, 9.17) is 5.73 Å². The number of aliphatic carboxylic acids is 1. The molecule has 2 amide bonds. The molecule has 2 aromatic carbocycles. The van der Waals surface area contributed by atoms with Crippen LogP contribution in [0.1, 0.15) is 31.4 Å². The number of carbonyl (C=O) groups is 3. The van der Waals surface area contributed by atoms with Gasteiger partial charge in [0, 0.05) is 23.5 Å². The number of hydrogen-bond donors (Lipinski definition) is 6. The first-order valence-electron chi connectivity index (χ1n) is 11.6. The molecule has 3 rings (SSSR count). The molecule has 0 spiro atoms. The van der Waals surface area contributed by atoms with Crippen LogP contribution in [-0.2, 0) is 27.2 Å². The van der Waals surface area contributed by atoms with Crippen LogP contribution in [0.5, 0.6) is 5.75 Å². The maximum atomic E-state index is 13.0. The van der Waals surface area contributed by atoms with Crippen molar-refractivity contribution in [3.8, 4) is 5.75 Å². The number of phenols is 1. The van der Waals surface area contributed by atoms with Gasteiger partial charge < -0.3 is 31.6 Å². The molecular formula is C26H32N4O5. The Balaban J connectivity index is 1.67. The van der Waals surface area contributed by atoms with E-state index in [1.54, 1.807) is 12.1 Å². The zero-order valence-corrected chi connectivity index (χ0v) is 19.8. The number of nitrogens with two attached hydrogens (primary N) is 1. The van der Waals surface area contributed by atoms with Crippen LogP contribution in [0, 0.1) is 5.92 Å². The van der Waals surface area contributed by atoms with Crippen LogP contribution in [0.25, 0.3) is 10.9 Å². The maximum Gasteiger partial charge on any atom is 0.326 e. The minimum Gasteiger partial charge on any atom is -0.508 e. The van der Waals surface area contributed by atoms with Gasteiger partial charge in [0.2, 0.25) is 11.8 Å². The summed E-state index contributed by atoms with van der Waals surface area (Å²) in [6.45, 7) is 3.81. The number of para-hydroxylation sites is 1.